The molecule has 9 rings (SSSR count). The molecule has 222 valence electrons. The first-order valence-corrected chi connectivity index (χ1v) is 16.5. The standard InChI is InChI=1S/C44H36N2/c1-30-13-6-7-17-35(30)33-23-25-43-39(28-33)37-19-9-11-21-42(37)46(43)44(2)26-12-16-34(29-44)45-40-20-10-8-18-36(40)38-27-32(22-24-41(38)45)31-14-4-3-5-15-31/h3-12,14-28,30H,13,29H2,1-2H3. The molecule has 2 heterocycles. The van der Waals surface area contributed by atoms with E-state index >= 15 is 0 Å². The van der Waals surface area contributed by atoms with Gasteiger partial charge in [-0.2, -0.15) is 0 Å². The Morgan fingerprint density at radius 3 is 2.04 bits per heavy atom. The van der Waals surface area contributed by atoms with Crippen molar-refractivity contribution in [3.8, 4) is 11.1 Å². The van der Waals surface area contributed by atoms with E-state index in [-0.39, 0.29) is 5.54 Å². The van der Waals surface area contributed by atoms with Crippen molar-refractivity contribution in [1.29, 1.82) is 0 Å². The Balaban J connectivity index is 1.19. The van der Waals surface area contributed by atoms with Crippen LogP contribution in [-0.2, 0) is 5.54 Å². The minimum Gasteiger partial charge on any atom is -0.331 e. The van der Waals surface area contributed by atoms with E-state index in [0.29, 0.717) is 5.92 Å². The molecule has 2 heteroatoms. The van der Waals surface area contributed by atoms with Crippen molar-refractivity contribution in [3.63, 3.8) is 0 Å². The van der Waals surface area contributed by atoms with Crippen LogP contribution in [-0.4, -0.2) is 9.13 Å². The van der Waals surface area contributed by atoms with Crippen LogP contribution in [0.15, 0.2) is 152 Å². The van der Waals surface area contributed by atoms with Gasteiger partial charge in [0.25, 0.3) is 0 Å². The van der Waals surface area contributed by atoms with E-state index in [1.165, 1.54) is 71.6 Å². The number of para-hydroxylation sites is 2. The molecule has 2 aliphatic carbocycles. The van der Waals surface area contributed by atoms with Gasteiger partial charge in [-0.15, -0.1) is 0 Å². The molecule has 2 unspecified atom stereocenters. The zero-order chi connectivity index (χ0) is 30.8. The predicted octanol–water partition coefficient (Wildman–Crippen LogP) is 11.8. The lowest BCUT2D eigenvalue weighted by atomic mass is 9.87. The normalized spacial score (nSPS) is 19.7. The SMILES string of the molecule is CC1CC=CC=C1c1ccc2c(c1)c1ccccc1n2C1(C)C=CC=C(n2c3ccccc3c3cc(-c4ccccc4)ccc32)C1. The Labute approximate surface area is 269 Å². The second kappa shape index (κ2) is 10.4. The van der Waals surface area contributed by atoms with Crippen LogP contribution < -0.4 is 0 Å². The van der Waals surface area contributed by atoms with Crippen molar-refractivity contribution in [2.75, 3.05) is 0 Å². The summed E-state index contributed by atoms with van der Waals surface area (Å²) < 4.78 is 5.09. The first-order valence-electron chi connectivity index (χ1n) is 16.5. The summed E-state index contributed by atoms with van der Waals surface area (Å²) in [5.74, 6) is 0.525. The summed E-state index contributed by atoms with van der Waals surface area (Å²) in [5, 5.41) is 5.22. The number of aromatic nitrogens is 2. The Hall–Kier alpha value is -5.34. The number of hydrogen-bond donors (Lipinski definition) is 0. The molecule has 0 radical (unpaired) electrons. The summed E-state index contributed by atoms with van der Waals surface area (Å²) >= 11 is 0. The van der Waals surface area contributed by atoms with Crippen molar-refractivity contribution in [3.05, 3.63) is 157 Å². The molecule has 0 amide bonds. The molecule has 5 aromatic carbocycles. The molecule has 2 aromatic heterocycles. The van der Waals surface area contributed by atoms with Crippen LogP contribution in [0.1, 0.15) is 32.3 Å². The van der Waals surface area contributed by atoms with Crippen LogP contribution in [0.2, 0.25) is 0 Å². The highest BCUT2D eigenvalue weighted by Gasteiger charge is 2.32. The molecule has 2 nitrogen and oxygen atoms in total. The third kappa shape index (κ3) is 4.10. The summed E-state index contributed by atoms with van der Waals surface area (Å²) in [4.78, 5) is 0. The predicted molar refractivity (Wildman–Crippen MR) is 197 cm³/mol. The number of allylic oxidation sites excluding steroid dienone is 8. The van der Waals surface area contributed by atoms with Crippen LogP contribution in [0, 0.1) is 5.92 Å². The molecule has 0 spiro atoms. The summed E-state index contributed by atoms with van der Waals surface area (Å²) in [6, 6.07) is 42.6. The Morgan fingerprint density at radius 2 is 1.22 bits per heavy atom. The lowest BCUT2D eigenvalue weighted by Gasteiger charge is -2.34. The third-order valence-electron chi connectivity index (χ3n) is 10.3. The molecule has 0 saturated carbocycles. The zero-order valence-electron chi connectivity index (χ0n) is 26.3. The molecule has 0 N–H and O–H groups in total. The van der Waals surface area contributed by atoms with Gasteiger partial charge in [0.05, 0.1) is 16.6 Å². The van der Waals surface area contributed by atoms with Gasteiger partial charge in [0.2, 0.25) is 0 Å². The van der Waals surface area contributed by atoms with E-state index in [2.05, 4.69) is 175 Å². The summed E-state index contributed by atoms with van der Waals surface area (Å²) in [6.45, 7) is 4.73. The highest BCUT2D eigenvalue weighted by molar-refractivity contribution is 6.12. The first-order chi connectivity index (χ1) is 22.6. The maximum Gasteiger partial charge on any atom is 0.0663 e. The van der Waals surface area contributed by atoms with Gasteiger partial charge >= 0.3 is 0 Å². The van der Waals surface area contributed by atoms with E-state index in [1.54, 1.807) is 0 Å². The van der Waals surface area contributed by atoms with E-state index in [9.17, 15) is 0 Å². The fraction of sp³-hybridized carbons (Fsp3) is 0.136. The molecular weight excluding hydrogens is 556 g/mol. The van der Waals surface area contributed by atoms with E-state index < -0.39 is 0 Å². The van der Waals surface area contributed by atoms with Crippen LogP contribution in [0.3, 0.4) is 0 Å². The smallest absolute Gasteiger partial charge is 0.0663 e. The minimum atomic E-state index is -0.255. The Morgan fingerprint density at radius 1 is 0.587 bits per heavy atom. The maximum atomic E-state index is 2.59. The maximum absolute atomic E-state index is 2.59. The van der Waals surface area contributed by atoms with Gasteiger partial charge in [-0.1, -0.05) is 116 Å². The average Bonchev–Trinajstić information content (AvgIpc) is 3.62. The van der Waals surface area contributed by atoms with Gasteiger partial charge in [-0.3, -0.25) is 0 Å². The van der Waals surface area contributed by atoms with E-state index in [4.69, 9.17) is 0 Å². The van der Waals surface area contributed by atoms with Crippen molar-refractivity contribution in [1.82, 2.24) is 9.13 Å². The zero-order valence-corrected chi connectivity index (χ0v) is 26.3. The van der Waals surface area contributed by atoms with Crippen molar-refractivity contribution >= 4 is 54.9 Å². The third-order valence-corrected chi connectivity index (χ3v) is 10.3. The highest BCUT2D eigenvalue weighted by atomic mass is 15.1. The number of fused-ring (bicyclic) bond motifs is 6. The number of nitrogens with zero attached hydrogens (tertiary/aromatic N) is 2. The van der Waals surface area contributed by atoms with Gasteiger partial charge in [0.15, 0.2) is 0 Å². The minimum absolute atomic E-state index is 0.255. The first kappa shape index (κ1) is 27.0. The molecular formula is C44H36N2. The average molecular weight is 593 g/mol. The van der Waals surface area contributed by atoms with E-state index in [0.717, 1.165) is 12.8 Å². The highest BCUT2D eigenvalue weighted by Crippen LogP contribution is 2.44. The Kier molecular flexibility index (Phi) is 6.08. The van der Waals surface area contributed by atoms with E-state index in [1.807, 2.05) is 0 Å². The largest absolute Gasteiger partial charge is 0.331 e. The van der Waals surface area contributed by atoms with Gasteiger partial charge < -0.3 is 9.13 Å². The van der Waals surface area contributed by atoms with Crippen LogP contribution in [0.4, 0.5) is 0 Å². The van der Waals surface area contributed by atoms with Crippen LogP contribution >= 0.6 is 0 Å². The topological polar surface area (TPSA) is 9.86 Å². The fourth-order valence-electron chi connectivity index (χ4n) is 8.08. The summed E-state index contributed by atoms with van der Waals surface area (Å²) in [6.07, 6.45) is 15.7. The Bertz CT molecular complexity index is 2440. The molecule has 7 aromatic rings. The van der Waals surface area contributed by atoms with Gasteiger partial charge in [-0.05, 0) is 84.0 Å². The summed E-state index contributed by atoms with van der Waals surface area (Å²) in [7, 11) is 0. The molecule has 0 bridgehead atoms. The van der Waals surface area contributed by atoms with Gasteiger partial charge in [-0.25, -0.2) is 0 Å². The monoisotopic (exact) mass is 592 g/mol. The van der Waals surface area contributed by atoms with Crippen molar-refractivity contribution in [2.24, 2.45) is 5.92 Å². The second-order valence-corrected chi connectivity index (χ2v) is 13.3. The molecule has 0 aliphatic heterocycles. The van der Waals surface area contributed by atoms with Crippen molar-refractivity contribution in [2.45, 2.75) is 32.2 Å². The number of hydrogen-bond acceptors (Lipinski definition) is 0. The number of benzene rings is 5. The lowest BCUT2D eigenvalue weighted by molar-refractivity contribution is 0.439. The summed E-state index contributed by atoms with van der Waals surface area (Å²) in [5.41, 5.74) is 11.4. The molecule has 0 fully saturated rings. The van der Waals surface area contributed by atoms with Crippen LogP contribution in [0.5, 0.6) is 0 Å². The molecule has 0 saturated heterocycles. The van der Waals surface area contributed by atoms with Crippen molar-refractivity contribution < 1.29 is 0 Å². The second-order valence-electron chi connectivity index (χ2n) is 13.3. The number of rotatable bonds is 4. The van der Waals surface area contributed by atoms with Crippen LogP contribution in [0.25, 0.3) is 66.0 Å². The van der Waals surface area contributed by atoms with Gasteiger partial charge in [0.1, 0.15) is 0 Å². The molecule has 2 atom stereocenters. The lowest BCUT2D eigenvalue weighted by Crippen LogP contribution is -2.30. The molecule has 46 heavy (non-hydrogen) atoms. The van der Waals surface area contributed by atoms with Gasteiger partial charge in [0, 0.05) is 44.7 Å². The fourth-order valence-corrected chi connectivity index (χ4v) is 8.08. The molecule has 2 aliphatic rings. The quantitative estimate of drug-likeness (QED) is 0.192.